The van der Waals surface area contributed by atoms with Gasteiger partial charge in [0.15, 0.2) is 0 Å². The number of morpholine rings is 1. The predicted molar refractivity (Wildman–Crippen MR) is 97.8 cm³/mol. The van der Waals surface area contributed by atoms with Gasteiger partial charge in [0.1, 0.15) is 0 Å². The van der Waals surface area contributed by atoms with Crippen LogP contribution in [0.2, 0.25) is 0 Å². The molecule has 3 rings (SSSR count). The predicted octanol–water partition coefficient (Wildman–Crippen LogP) is 2.19. The van der Waals surface area contributed by atoms with Gasteiger partial charge in [-0.15, -0.1) is 0 Å². The van der Waals surface area contributed by atoms with Crippen molar-refractivity contribution in [2.75, 3.05) is 31.2 Å². The normalized spacial score (nSPS) is 25.3. The third-order valence-corrected chi connectivity index (χ3v) is 5.15. The second-order valence-corrected chi connectivity index (χ2v) is 7.04. The minimum absolute atomic E-state index is 0.0482. The summed E-state index contributed by atoms with van der Waals surface area (Å²) in [5.74, 6) is 0. The maximum absolute atomic E-state index is 12.2. The number of benzene rings is 1. The summed E-state index contributed by atoms with van der Waals surface area (Å²) in [5, 5.41) is 15.6. The zero-order valence-electron chi connectivity index (χ0n) is 14.9. The average molecular weight is 347 g/mol. The van der Waals surface area contributed by atoms with Crippen molar-refractivity contribution in [3.63, 3.8) is 0 Å². The third-order valence-electron chi connectivity index (χ3n) is 5.15. The highest BCUT2D eigenvalue weighted by molar-refractivity contribution is 5.74. The number of ether oxygens (including phenoxy) is 1. The number of rotatable bonds is 4. The summed E-state index contributed by atoms with van der Waals surface area (Å²) in [6, 6.07) is 8.36. The molecule has 6 nitrogen and oxygen atoms in total. The molecule has 2 amide bonds. The first kappa shape index (κ1) is 18.0. The average Bonchev–Trinajstić information content (AvgIpc) is 2.64. The van der Waals surface area contributed by atoms with Crippen LogP contribution in [0.3, 0.4) is 0 Å². The van der Waals surface area contributed by atoms with E-state index in [1.165, 1.54) is 5.69 Å². The van der Waals surface area contributed by atoms with E-state index in [4.69, 9.17) is 4.74 Å². The molecule has 1 saturated heterocycles. The molecule has 0 bridgehead atoms. The lowest BCUT2D eigenvalue weighted by molar-refractivity contribution is 0.117. The second kappa shape index (κ2) is 8.54. The lowest BCUT2D eigenvalue weighted by Crippen LogP contribution is -2.44. The van der Waals surface area contributed by atoms with Crippen LogP contribution in [0, 0.1) is 0 Å². The number of nitrogens with zero attached hydrogens (tertiary/aromatic N) is 1. The Balaban J connectivity index is 1.48. The highest BCUT2D eigenvalue weighted by Gasteiger charge is 2.21. The minimum Gasteiger partial charge on any atom is -0.393 e. The fraction of sp³-hybridized carbons (Fsp3) is 0.632. The Labute approximate surface area is 149 Å². The van der Waals surface area contributed by atoms with Crippen LogP contribution >= 0.6 is 0 Å². The number of nitrogens with one attached hydrogen (secondary N) is 2. The van der Waals surface area contributed by atoms with Crippen LogP contribution in [0.15, 0.2) is 24.3 Å². The molecule has 6 heteroatoms. The fourth-order valence-corrected chi connectivity index (χ4v) is 3.52. The van der Waals surface area contributed by atoms with Crippen LogP contribution in [-0.2, 0) is 4.74 Å². The molecule has 138 valence electrons. The van der Waals surface area contributed by atoms with E-state index in [0.717, 1.165) is 57.6 Å². The number of amides is 2. The van der Waals surface area contributed by atoms with Crippen molar-refractivity contribution >= 4 is 11.7 Å². The summed E-state index contributed by atoms with van der Waals surface area (Å²) in [7, 11) is 0. The van der Waals surface area contributed by atoms with Crippen LogP contribution in [-0.4, -0.2) is 49.6 Å². The fourth-order valence-electron chi connectivity index (χ4n) is 3.52. The first-order valence-electron chi connectivity index (χ1n) is 9.29. The van der Waals surface area contributed by atoms with Gasteiger partial charge < -0.3 is 25.4 Å². The van der Waals surface area contributed by atoms with Gasteiger partial charge >= 0.3 is 6.03 Å². The van der Waals surface area contributed by atoms with E-state index in [0.29, 0.717) is 0 Å². The molecule has 1 saturated carbocycles. The number of carbonyl (C=O) groups excluding carboxylic acids is 1. The van der Waals surface area contributed by atoms with Crippen LogP contribution in [0.25, 0.3) is 0 Å². The first-order valence-corrected chi connectivity index (χ1v) is 9.29. The molecule has 2 aliphatic rings. The maximum atomic E-state index is 12.2. The van der Waals surface area contributed by atoms with E-state index in [9.17, 15) is 9.90 Å². The second-order valence-electron chi connectivity index (χ2n) is 7.04. The number of aliphatic hydroxyl groups excluding tert-OH is 1. The zero-order chi connectivity index (χ0) is 17.6. The van der Waals surface area contributed by atoms with E-state index in [1.54, 1.807) is 0 Å². The lowest BCUT2D eigenvalue weighted by atomic mass is 9.93. The molecule has 0 aromatic heterocycles. The van der Waals surface area contributed by atoms with Gasteiger partial charge in [0.05, 0.1) is 25.4 Å². The molecule has 3 N–H and O–H groups in total. The van der Waals surface area contributed by atoms with Crippen LogP contribution in [0.4, 0.5) is 10.5 Å². The molecule has 1 aromatic rings. The van der Waals surface area contributed by atoms with Gasteiger partial charge in [0, 0.05) is 24.8 Å². The van der Waals surface area contributed by atoms with Crippen molar-refractivity contribution in [2.24, 2.45) is 0 Å². The quantitative estimate of drug-likeness (QED) is 0.781. The van der Waals surface area contributed by atoms with Gasteiger partial charge in [0.25, 0.3) is 0 Å². The van der Waals surface area contributed by atoms with Crippen molar-refractivity contribution in [3.05, 3.63) is 29.8 Å². The Morgan fingerprint density at radius 2 is 1.80 bits per heavy atom. The monoisotopic (exact) mass is 347 g/mol. The van der Waals surface area contributed by atoms with Gasteiger partial charge in [-0.3, -0.25) is 0 Å². The summed E-state index contributed by atoms with van der Waals surface area (Å²) in [5.41, 5.74) is 2.29. The summed E-state index contributed by atoms with van der Waals surface area (Å²) in [6.07, 6.45) is 3.02. The van der Waals surface area contributed by atoms with Gasteiger partial charge in [-0.05, 0) is 50.3 Å². The van der Waals surface area contributed by atoms with Crippen LogP contribution in [0.1, 0.15) is 44.2 Å². The Bertz CT molecular complexity index is 550. The lowest BCUT2D eigenvalue weighted by Gasteiger charge is -2.29. The number of anilines is 1. The first-order chi connectivity index (χ1) is 12.1. The summed E-state index contributed by atoms with van der Waals surface area (Å²) in [4.78, 5) is 14.5. The number of hydrogen-bond acceptors (Lipinski definition) is 4. The molecule has 1 atom stereocenters. The topological polar surface area (TPSA) is 73.8 Å². The van der Waals surface area contributed by atoms with Crippen molar-refractivity contribution < 1.29 is 14.6 Å². The molecule has 1 heterocycles. The number of hydrogen-bond donors (Lipinski definition) is 3. The van der Waals surface area contributed by atoms with Crippen molar-refractivity contribution in [2.45, 2.75) is 50.8 Å². The van der Waals surface area contributed by atoms with Crippen molar-refractivity contribution in [1.82, 2.24) is 10.6 Å². The van der Waals surface area contributed by atoms with Gasteiger partial charge in [0.2, 0.25) is 0 Å². The van der Waals surface area contributed by atoms with Gasteiger partial charge in [-0.1, -0.05) is 12.1 Å². The largest absolute Gasteiger partial charge is 0.393 e. The number of aliphatic hydroxyl groups is 1. The molecule has 1 aliphatic carbocycles. The highest BCUT2D eigenvalue weighted by Crippen LogP contribution is 2.21. The Morgan fingerprint density at radius 3 is 2.44 bits per heavy atom. The standard InChI is InChI=1S/C19H29N3O3/c1-14(20-19(24)21-16-4-8-18(23)9-5-16)15-2-6-17(7-3-15)22-10-12-25-13-11-22/h2-3,6-7,14,16,18,23H,4-5,8-13H2,1H3,(H2,20,21,24)/t14-,16?,18?/m1/s1. The van der Waals surface area contributed by atoms with Gasteiger partial charge in [-0.2, -0.15) is 0 Å². The third kappa shape index (κ3) is 5.09. The zero-order valence-corrected chi connectivity index (χ0v) is 14.9. The molecule has 0 unspecified atom stereocenters. The van der Waals surface area contributed by atoms with Crippen molar-refractivity contribution in [3.8, 4) is 0 Å². The molecule has 0 spiro atoms. The Hall–Kier alpha value is -1.79. The molecule has 0 radical (unpaired) electrons. The van der Waals surface area contributed by atoms with E-state index >= 15 is 0 Å². The van der Waals surface area contributed by atoms with Crippen LogP contribution in [0.5, 0.6) is 0 Å². The molecule has 25 heavy (non-hydrogen) atoms. The summed E-state index contributed by atoms with van der Waals surface area (Å²) >= 11 is 0. The number of carbonyl (C=O) groups is 1. The summed E-state index contributed by atoms with van der Waals surface area (Å²) < 4.78 is 5.39. The van der Waals surface area contributed by atoms with Gasteiger partial charge in [-0.25, -0.2) is 4.79 Å². The minimum atomic E-state index is -0.204. The Kier molecular flexibility index (Phi) is 6.15. The number of urea groups is 1. The van der Waals surface area contributed by atoms with Crippen LogP contribution < -0.4 is 15.5 Å². The maximum Gasteiger partial charge on any atom is 0.315 e. The van der Waals surface area contributed by atoms with Crippen molar-refractivity contribution in [1.29, 1.82) is 0 Å². The van der Waals surface area contributed by atoms with E-state index in [2.05, 4.69) is 39.8 Å². The molecule has 1 aliphatic heterocycles. The smallest absolute Gasteiger partial charge is 0.315 e. The SMILES string of the molecule is C[C@@H](NC(=O)NC1CCC(O)CC1)c1ccc(N2CCOCC2)cc1. The Morgan fingerprint density at radius 1 is 1.16 bits per heavy atom. The summed E-state index contributed by atoms with van der Waals surface area (Å²) in [6.45, 7) is 5.39. The molecule has 1 aromatic carbocycles. The van der Waals surface area contributed by atoms with E-state index in [-0.39, 0.29) is 24.2 Å². The van der Waals surface area contributed by atoms with E-state index in [1.807, 2.05) is 6.92 Å². The van der Waals surface area contributed by atoms with E-state index < -0.39 is 0 Å². The molecular formula is C19H29N3O3. The molecule has 2 fully saturated rings. The molecular weight excluding hydrogens is 318 g/mol. The highest BCUT2D eigenvalue weighted by atomic mass is 16.5.